The zero-order chi connectivity index (χ0) is 26.5. The number of fused-ring (bicyclic) bond motifs is 1. The summed E-state index contributed by atoms with van der Waals surface area (Å²) in [5, 5.41) is 0.323. The molecule has 0 aliphatic carbocycles. The first kappa shape index (κ1) is 24.8. The third-order valence-electron chi connectivity index (χ3n) is 6.14. The van der Waals surface area contributed by atoms with Crippen molar-refractivity contribution in [1.29, 1.82) is 0 Å². The van der Waals surface area contributed by atoms with Crippen LogP contribution in [-0.2, 0) is 4.79 Å². The fourth-order valence-electron chi connectivity index (χ4n) is 4.00. The van der Waals surface area contributed by atoms with E-state index in [4.69, 9.17) is 13.9 Å². The molecular weight excluding hydrogens is 476 g/mol. The normalized spacial score (nSPS) is 11.2. The van der Waals surface area contributed by atoms with Crippen molar-refractivity contribution >= 4 is 23.0 Å². The summed E-state index contributed by atoms with van der Waals surface area (Å²) >= 11 is 0. The fourth-order valence-corrected chi connectivity index (χ4v) is 4.00. The third kappa shape index (κ3) is 5.73. The lowest BCUT2D eigenvalue weighted by Gasteiger charge is -2.08. The lowest BCUT2D eigenvalue weighted by atomic mass is 10.0. The fraction of sp³-hybridized carbons (Fsp3) is 0.0909. The van der Waals surface area contributed by atoms with Crippen LogP contribution in [-0.4, -0.2) is 5.97 Å². The van der Waals surface area contributed by atoms with Gasteiger partial charge in [0, 0.05) is 12.1 Å². The van der Waals surface area contributed by atoms with Crippen LogP contribution < -0.4 is 14.9 Å². The Balaban J connectivity index is 1.27. The highest BCUT2D eigenvalue weighted by molar-refractivity contribution is 5.89. The Kier molecular flexibility index (Phi) is 7.18. The molecule has 5 aromatic rings. The van der Waals surface area contributed by atoms with E-state index in [0.29, 0.717) is 22.6 Å². The van der Waals surface area contributed by atoms with Crippen LogP contribution in [0.4, 0.5) is 0 Å². The molecule has 5 nitrogen and oxygen atoms in total. The van der Waals surface area contributed by atoms with Gasteiger partial charge in [-0.25, -0.2) is 4.79 Å². The van der Waals surface area contributed by atoms with Crippen LogP contribution in [0.25, 0.3) is 28.2 Å². The minimum atomic E-state index is -0.529. The number of hydrogen-bond acceptors (Lipinski definition) is 5. The van der Waals surface area contributed by atoms with Gasteiger partial charge in [-0.05, 0) is 58.5 Å². The molecule has 0 aliphatic rings. The van der Waals surface area contributed by atoms with Crippen molar-refractivity contribution in [3.05, 3.63) is 131 Å². The van der Waals surface area contributed by atoms with E-state index in [1.807, 2.05) is 66.7 Å². The van der Waals surface area contributed by atoms with Crippen LogP contribution in [0, 0.1) is 0 Å². The zero-order valence-corrected chi connectivity index (χ0v) is 21.1. The average Bonchev–Trinajstić information content (AvgIpc) is 2.94. The summed E-state index contributed by atoms with van der Waals surface area (Å²) in [7, 11) is 0. The van der Waals surface area contributed by atoms with Gasteiger partial charge in [-0.2, -0.15) is 0 Å². The van der Waals surface area contributed by atoms with Crippen molar-refractivity contribution in [3.63, 3.8) is 0 Å². The Bertz CT molecular complexity index is 1640. The summed E-state index contributed by atoms with van der Waals surface area (Å²) in [6.07, 6.45) is 4.33. The minimum absolute atomic E-state index is 0.0705. The number of rotatable bonds is 7. The maximum Gasteiger partial charge on any atom is 0.336 e. The summed E-state index contributed by atoms with van der Waals surface area (Å²) in [6, 6.07) is 30.1. The largest absolute Gasteiger partial charge is 0.460 e. The van der Waals surface area contributed by atoms with E-state index >= 15 is 0 Å². The first-order valence-corrected chi connectivity index (χ1v) is 12.3. The van der Waals surface area contributed by atoms with E-state index in [0.717, 1.165) is 16.7 Å². The van der Waals surface area contributed by atoms with Crippen LogP contribution in [0.3, 0.4) is 0 Å². The number of ether oxygens (including phenoxy) is 2. The molecule has 0 saturated carbocycles. The summed E-state index contributed by atoms with van der Waals surface area (Å²) in [5.74, 6) is 0.780. The van der Waals surface area contributed by atoms with Gasteiger partial charge in [0.1, 0.15) is 23.3 Å². The van der Waals surface area contributed by atoms with Gasteiger partial charge >= 0.3 is 5.97 Å². The van der Waals surface area contributed by atoms with Crippen molar-refractivity contribution in [2.75, 3.05) is 0 Å². The summed E-state index contributed by atoms with van der Waals surface area (Å²) in [4.78, 5) is 25.3. The van der Waals surface area contributed by atoms with Gasteiger partial charge in [0.25, 0.3) is 0 Å². The lowest BCUT2D eigenvalue weighted by molar-refractivity contribution is -0.128. The Morgan fingerprint density at radius 1 is 0.816 bits per heavy atom. The van der Waals surface area contributed by atoms with E-state index in [2.05, 4.69) is 13.8 Å². The zero-order valence-electron chi connectivity index (χ0n) is 21.1. The molecule has 5 rings (SSSR count). The van der Waals surface area contributed by atoms with E-state index in [1.54, 1.807) is 30.3 Å². The Hall–Kier alpha value is -4.90. The second-order valence-electron chi connectivity index (χ2n) is 9.16. The lowest BCUT2D eigenvalue weighted by Crippen LogP contribution is -2.06. The molecule has 0 atom stereocenters. The minimum Gasteiger partial charge on any atom is -0.460 e. The van der Waals surface area contributed by atoms with Gasteiger partial charge in [0.2, 0.25) is 11.2 Å². The van der Waals surface area contributed by atoms with Crippen LogP contribution in [0.2, 0.25) is 0 Å². The maximum atomic E-state index is 13.0. The van der Waals surface area contributed by atoms with Crippen LogP contribution in [0.15, 0.2) is 119 Å². The van der Waals surface area contributed by atoms with Gasteiger partial charge in [-0.1, -0.05) is 80.6 Å². The highest BCUT2D eigenvalue weighted by atomic mass is 16.5. The molecule has 0 amide bonds. The predicted molar refractivity (Wildman–Crippen MR) is 150 cm³/mol. The van der Waals surface area contributed by atoms with Gasteiger partial charge in [-0.3, -0.25) is 4.79 Å². The number of benzene rings is 4. The molecular formula is C33H26O5. The van der Waals surface area contributed by atoms with Crippen molar-refractivity contribution < 1.29 is 18.7 Å². The maximum absolute atomic E-state index is 13.0. The summed E-state index contributed by atoms with van der Waals surface area (Å²) < 4.78 is 16.8. The Labute approximate surface area is 220 Å². The molecule has 0 saturated heterocycles. The van der Waals surface area contributed by atoms with Crippen molar-refractivity contribution in [3.8, 4) is 28.4 Å². The van der Waals surface area contributed by atoms with E-state index in [1.165, 1.54) is 24.0 Å². The molecule has 38 heavy (non-hydrogen) atoms. The molecule has 0 radical (unpaired) electrons. The molecule has 1 heterocycles. The van der Waals surface area contributed by atoms with Crippen LogP contribution in [0.5, 0.6) is 17.2 Å². The van der Waals surface area contributed by atoms with Crippen LogP contribution in [0.1, 0.15) is 30.9 Å². The van der Waals surface area contributed by atoms with Gasteiger partial charge in [0.15, 0.2) is 0 Å². The standard InChI is InChI=1S/C33H26O5/c1-22(2)24-11-8-23(9-12-24)10-19-32(34)38-28-17-18-29-30(20-28)36-21-31(33(29)35)37-27-15-13-26(14-16-27)25-6-4-3-5-7-25/h3-22H,1-2H3. The highest BCUT2D eigenvalue weighted by Gasteiger charge is 2.12. The van der Waals surface area contributed by atoms with E-state index in [9.17, 15) is 9.59 Å². The molecule has 0 N–H and O–H groups in total. The predicted octanol–water partition coefficient (Wildman–Crippen LogP) is 7.99. The van der Waals surface area contributed by atoms with E-state index in [-0.39, 0.29) is 16.9 Å². The molecule has 4 aromatic carbocycles. The topological polar surface area (TPSA) is 65.7 Å². The van der Waals surface area contributed by atoms with Gasteiger partial charge in [-0.15, -0.1) is 0 Å². The summed E-state index contributed by atoms with van der Waals surface area (Å²) in [5.41, 5.74) is 4.25. The van der Waals surface area contributed by atoms with Gasteiger partial charge < -0.3 is 13.9 Å². The monoisotopic (exact) mass is 502 g/mol. The second-order valence-corrected chi connectivity index (χ2v) is 9.16. The number of hydrogen-bond donors (Lipinski definition) is 0. The Morgan fingerprint density at radius 3 is 2.21 bits per heavy atom. The van der Waals surface area contributed by atoms with Crippen molar-refractivity contribution in [2.24, 2.45) is 0 Å². The highest BCUT2D eigenvalue weighted by Crippen LogP contribution is 2.27. The van der Waals surface area contributed by atoms with Crippen molar-refractivity contribution in [2.45, 2.75) is 19.8 Å². The summed E-state index contributed by atoms with van der Waals surface area (Å²) in [6.45, 7) is 4.26. The van der Waals surface area contributed by atoms with Crippen molar-refractivity contribution in [1.82, 2.24) is 0 Å². The molecule has 1 aromatic heterocycles. The Morgan fingerprint density at radius 2 is 1.50 bits per heavy atom. The molecule has 0 spiro atoms. The quantitative estimate of drug-likeness (QED) is 0.128. The first-order valence-electron chi connectivity index (χ1n) is 12.3. The molecule has 0 bridgehead atoms. The molecule has 0 unspecified atom stereocenters. The first-order chi connectivity index (χ1) is 18.5. The van der Waals surface area contributed by atoms with Crippen LogP contribution >= 0.6 is 0 Å². The molecule has 188 valence electrons. The number of carbonyl (C=O) groups is 1. The average molecular weight is 503 g/mol. The smallest absolute Gasteiger partial charge is 0.336 e. The molecule has 5 heteroatoms. The molecule has 0 fully saturated rings. The van der Waals surface area contributed by atoms with E-state index < -0.39 is 5.97 Å². The number of carbonyl (C=O) groups excluding carboxylic acids is 1. The SMILES string of the molecule is CC(C)c1ccc(C=CC(=O)Oc2ccc3c(=O)c(Oc4ccc(-c5ccccc5)cc4)coc3c2)cc1. The molecule has 0 aliphatic heterocycles. The number of esters is 1. The second kappa shape index (κ2) is 11.0. The van der Waals surface area contributed by atoms with Gasteiger partial charge in [0.05, 0.1) is 5.39 Å². The third-order valence-corrected chi connectivity index (χ3v) is 6.14.